The van der Waals surface area contributed by atoms with Crippen molar-refractivity contribution in [1.82, 2.24) is 9.38 Å². The summed E-state index contributed by atoms with van der Waals surface area (Å²) in [6.45, 7) is 1.92. The average molecular weight is 190 g/mol. The van der Waals surface area contributed by atoms with Gasteiger partial charge in [-0.2, -0.15) is 0 Å². The van der Waals surface area contributed by atoms with E-state index in [1.165, 1.54) is 13.3 Å². The van der Waals surface area contributed by atoms with E-state index in [1.54, 1.807) is 4.40 Å². The molecule has 0 saturated heterocycles. The zero-order valence-corrected chi connectivity index (χ0v) is 8.02. The molecule has 4 heteroatoms. The number of fused-ring (bicyclic) bond motifs is 1. The first-order valence-corrected chi connectivity index (χ1v) is 4.25. The van der Waals surface area contributed by atoms with Gasteiger partial charge in [0.05, 0.1) is 13.3 Å². The fourth-order valence-electron chi connectivity index (χ4n) is 1.45. The summed E-state index contributed by atoms with van der Waals surface area (Å²) in [4.78, 5) is 15.5. The fraction of sp³-hybridized carbons (Fsp3) is 0.200. The van der Waals surface area contributed by atoms with E-state index >= 15 is 0 Å². The van der Waals surface area contributed by atoms with Crippen LogP contribution in [0.15, 0.2) is 24.4 Å². The molecule has 0 aliphatic carbocycles. The van der Waals surface area contributed by atoms with Crippen molar-refractivity contribution in [3.05, 3.63) is 35.8 Å². The predicted octanol–water partition coefficient (Wildman–Crippen LogP) is 1.43. The maximum Gasteiger partial charge on any atom is 0.356 e. The number of imidazole rings is 1. The van der Waals surface area contributed by atoms with Crippen molar-refractivity contribution >= 4 is 11.6 Å². The molecule has 2 heterocycles. The number of pyridine rings is 1. The van der Waals surface area contributed by atoms with E-state index in [4.69, 9.17) is 0 Å². The number of esters is 1. The van der Waals surface area contributed by atoms with Crippen molar-refractivity contribution in [3.8, 4) is 0 Å². The second kappa shape index (κ2) is 3.14. The maximum atomic E-state index is 11.4. The molecular weight excluding hydrogens is 180 g/mol. The Kier molecular flexibility index (Phi) is 1.96. The van der Waals surface area contributed by atoms with E-state index in [-0.39, 0.29) is 5.97 Å². The van der Waals surface area contributed by atoms with E-state index in [2.05, 4.69) is 9.72 Å². The van der Waals surface area contributed by atoms with Gasteiger partial charge >= 0.3 is 5.97 Å². The maximum absolute atomic E-state index is 11.4. The average Bonchev–Trinajstić information content (AvgIpc) is 2.62. The Hall–Kier alpha value is -1.84. The van der Waals surface area contributed by atoms with Gasteiger partial charge in [-0.05, 0) is 19.1 Å². The van der Waals surface area contributed by atoms with Crippen LogP contribution in [0.3, 0.4) is 0 Å². The first-order valence-electron chi connectivity index (χ1n) is 4.25. The zero-order chi connectivity index (χ0) is 10.1. The number of carbonyl (C=O) groups is 1. The fourth-order valence-corrected chi connectivity index (χ4v) is 1.45. The number of ether oxygens (including phenoxy) is 1. The van der Waals surface area contributed by atoms with Gasteiger partial charge in [0.2, 0.25) is 0 Å². The normalized spacial score (nSPS) is 10.4. The van der Waals surface area contributed by atoms with Gasteiger partial charge in [0, 0.05) is 5.69 Å². The third-order valence-electron chi connectivity index (χ3n) is 2.12. The lowest BCUT2D eigenvalue weighted by molar-refractivity contribution is 0.0592. The molecule has 0 N–H and O–H groups in total. The lowest BCUT2D eigenvalue weighted by atomic mass is 10.3. The van der Waals surface area contributed by atoms with Crippen LogP contribution in [0.1, 0.15) is 16.2 Å². The molecule has 0 aromatic carbocycles. The minimum atomic E-state index is -0.369. The van der Waals surface area contributed by atoms with Crippen LogP contribution in [0, 0.1) is 6.92 Å². The predicted molar refractivity (Wildman–Crippen MR) is 51.3 cm³/mol. The number of aryl methyl sites for hydroxylation is 1. The molecule has 0 spiro atoms. The number of methoxy groups -OCH3 is 1. The van der Waals surface area contributed by atoms with Crippen molar-refractivity contribution in [1.29, 1.82) is 0 Å². The standard InChI is InChI=1S/C10H10N2O2/c1-7-4-3-5-9-11-6-8(12(7)9)10(13)14-2/h3-6H,1-2H3. The van der Waals surface area contributed by atoms with Crippen LogP contribution in [0.2, 0.25) is 0 Å². The number of hydrogen-bond acceptors (Lipinski definition) is 3. The smallest absolute Gasteiger partial charge is 0.356 e. The summed E-state index contributed by atoms with van der Waals surface area (Å²) in [6.07, 6.45) is 1.52. The molecule has 0 atom stereocenters. The highest BCUT2D eigenvalue weighted by atomic mass is 16.5. The molecule has 2 aromatic rings. The lowest BCUT2D eigenvalue weighted by Crippen LogP contribution is -2.06. The molecule has 0 fully saturated rings. The molecule has 0 bridgehead atoms. The third kappa shape index (κ3) is 1.16. The first kappa shape index (κ1) is 8.74. The Morgan fingerprint density at radius 2 is 2.29 bits per heavy atom. The molecular formula is C10H10N2O2. The van der Waals surface area contributed by atoms with Gasteiger partial charge in [-0.3, -0.25) is 4.40 Å². The second-order valence-electron chi connectivity index (χ2n) is 3.00. The van der Waals surface area contributed by atoms with Crippen LogP contribution < -0.4 is 0 Å². The molecule has 0 saturated carbocycles. The molecule has 14 heavy (non-hydrogen) atoms. The first-order chi connectivity index (χ1) is 6.74. The van der Waals surface area contributed by atoms with Gasteiger partial charge in [-0.15, -0.1) is 0 Å². The Morgan fingerprint density at radius 3 is 3.00 bits per heavy atom. The van der Waals surface area contributed by atoms with Gasteiger partial charge in [-0.25, -0.2) is 9.78 Å². The Labute approximate surface area is 81.1 Å². The molecule has 0 amide bonds. The summed E-state index contributed by atoms with van der Waals surface area (Å²) in [5, 5.41) is 0. The minimum Gasteiger partial charge on any atom is -0.464 e. The van der Waals surface area contributed by atoms with E-state index in [9.17, 15) is 4.79 Å². The number of carbonyl (C=O) groups excluding carboxylic acids is 1. The largest absolute Gasteiger partial charge is 0.464 e. The summed E-state index contributed by atoms with van der Waals surface area (Å²) in [5.41, 5.74) is 2.17. The van der Waals surface area contributed by atoms with E-state index in [0.717, 1.165) is 11.3 Å². The van der Waals surface area contributed by atoms with Crippen molar-refractivity contribution in [2.24, 2.45) is 0 Å². The molecule has 0 unspecified atom stereocenters. The van der Waals surface area contributed by atoms with Gasteiger partial charge in [0.25, 0.3) is 0 Å². The number of rotatable bonds is 1. The summed E-state index contributed by atoms with van der Waals surface area (Å²) in [6, 6.07) is 5.67. The van der Waals surface area contributed by atoms with E-state index in [1.807, 2.05) is 25.1 Å². The lowest BCUT2D eigenvalue weighted by Gasteiger charge is -2.02. The SMILES string of the molecule is COC(=O)c1cnc2cccc(C)n12. The van der Waals surface area contributed by atoms with Crippen LogP contribution in [0.4, 0.5) is 0 Å². The highest BCUT2D eigenvalue weighted by Gasteiger charge is 2.12. The second-order valence-corrected chi connectivity index (χ2v) is 3.00. The van der Waals surface area contributed by atoms with E-state index < -0.39 is 0 Å². The van der Waals surface area contributed by atoms with Crippen molar-refractivity contribution in [2.75, 3.05) is 7.11 Å². The third-order valence-corrected chi connectivity index (χ3v) is 2.12. The van der Waals surface area contributed by atoms with Gasteiger partial charge in [0.15, 0.2) is 5.69 Å². The Morgan fingerprint density at radius 1 is 1.50 bits per heavy atom. The molecule has 2 aromatic heterocycles. The Bertz CT molecular complexity index is 488. The number of nitrogens with zero attached hydrogens (tertiary/aromatic N) is 2. The van der Waals surface area contributed by atoms with Crippen LogP contribution in [0.5, 0.6) is 0 Å². The molecule has 2 rings (SSSR count). The number of hydrogen-bond donors (Lipinski definition) is 0. The van der Waals surface area contributed by atoms with Crippen LogP contribution >= 0.6 is 0 Å². The molecule has 0 radical (unpaired) electrons. The summed E-state index contributed by atoms with van der Waals surface area (Å²) >= 11 is 0. The summed E-state index contributed by atoms with van der Waals surface area (Å²) < 4.78 is 6.43. The zero-order valence-electron chi connectivity index (χ0n) is 8.02. The van der Waals surface area contributed by atoms with E-state index in [0.29, 0.717) is 5.69 Å². The van der Waals surface area contributed by atoms with Gasteiger partial charge in [0.1, 0.15) is 5.65 Å². The summed E-state index contributed by atoms with van der Waals surface area (Å²) in [5.74, 6) is -0.369. The molecule has 72 valence electrons. The highest BCUT2D eigenvalue weighted by molar-refractivity contribution is 5.88. The van der Waals surface area contributed by atoms with Crippen molar-refractivity contribution in [2.45, 2.75) is 6.92 Å². The monoisotopic (exact) mass is 190 g/mol. The molecule has 0 aliphatic heterocycles. The molecule has 0 aliphatic rings. The van der Waals surface area contributed by atoms with Crippen molar-refractivity contribution < 1.29 is 9.53 Å². The summed E-state index contributed by atoms with van der Waals surface area (Å²) in [7, 11) is 1.36. The van der Waals surface area contributed by atoms with Crippen LogP contribution in [0.25, 0.3) is 5.65 Å². The van der Waals surface area contributed by atoms with Crippen LogP contribution in [-0.4, -0.2) is 22.5 Å². The Balaban J connectivity index is 2.73. The van der Waals surface area contributed by atoms with Gasteiger partial charge < -0.3 is 4.74 Å². The quantitative estimate of drug-likeness (QED) is 0.639. The molecule has 4 nitrogen and oxygen atoms in total. The topological polar surface area (TPSA) is 43.6 Å². The number of aromatic nitrogens is 2. The minimum absolute atomic E-state index is 0.369. The highest BCUT2D eigenvalue weighted by Crippen LogP contribution is 2.10. The van der Waals surface area contributed by atoms with Crippen LogP contribution in [-0.2, 0) is 4.74 Å². The van der Waals surface area contributed by atoms with Crippen molar-refractivity contribution in [3.63, 3.8) is 0 Å². The van der Waals surface area contributed by atoms with Gasteiger partial charge in [-0.1, -0.05) is 6.07 Å².